The highest BCUT2D eigenvalue weighted by atomic mass is 35.5. The Bertz CT molecular complexity index is 940. The van der Waals surface area contributed by atoms with Crippen LogP contribution in [0.3, 0.4) is 0 Å². The van der Waals surface area contributed by atoms with E-state index in [1.807, 2.05) is 6.07 Å². The van der Waals surface area contributed by atoms with Gasteiger partial charge in [0.2, 0.25) is 0 Å². The van der Waals surface area contributed by atoms with Crippen LogP contribution in [0.2, 0.25) is 20.1 Å². The molecule has 3 aromatic rings. The molecule has 1 aromatic heterocycles. The predicted molar refractivity (Wildman–Crippen MR) is 107 cm³/mol. The molecule has 2 N–H and O–H groups in total. The molecule has 3 rings (SSSR count). The third kappa shape index (κ3) is 4.83. The second-order valence-electron chi connectivity index (χ2n) is 5.36. The van der Waals surface area contributed by atoms with Crippen LogP contribution in [-0.4, -0.2) is 15.8 Å². The molecular formula is C17H12Cl4N4O. The molecule has 1 heterocycles. The average molecular weight is 430 g/mol. The smallest absolute Gasteiger partial charge is 0.308 e. The standard InChI is InChI=1S/C17H12Cl4N4O/c18-11-2-4-12(5-3-11)22-17(26)23-16-15(21)9-25(24-16)8-10-1-6-13(19)14(20)7-10/h1-7,9H,8H2,(H2,22,23,24,26). The van der Waals surface area contributed by atoms with Gasteiger partial charge >= 0.3 is 6.03 Å². The van der Waals surface area contributed by atoms with Crippen molar-refractivity contribution >= 4 is 63.9 Å². The second kappa shape index (κ2) is 8.18. The Morgan fingerprint density at radius 2 is 1.65 bits per heavy atom. The number of aromatic nitrogens is 2. The zero-order chi connectivity index (χ0) is 18.7. The van der Waals surface area contributed by atoms with E-state index in [4.69, 9.17) is 46.4 Å². The van der Waals surface area contributed by atoms with Gasteiger partial charge in [-0.15, -0.1) is 0 Å². The Morgan fingerprint density at radius 1 is 0.923 bits per heavy atom. The molecular weight excluding hydrogens is 418 g/mol. The third-order valence-corrected chi connectivity index (χ3v) is 4.65. The fourth-order valence-corrected chi connectivity index (χ4v) is 2.84. The number of urea groups is 1. The summed E-state index contributed by atoms with van der Waals surface area (Å²) in [6.45, 7) is 0.428. The zero-order valence-electron chi connectivity index (χ0n) is 13.1. The molecule has 0 saturated carbocycles. The van der Waals surface area contributed by atoms with Crippen LogP contribution in [0, 0.1) is 0 Å². The molecule has 0 aliphatic rings. The molecule has 134 valence electrons. The van der Waals surface area contributed by atoms with E-state index in [9.17, 15) is 4.79 Å². The highest BCUT2D eigenvalue weighted by molar-refractivity contribution is 6.42. The van der Waals surface area contributed by atoms with E-state index < -0.39 is 6.03 Å². The topological polar surface area (TPSA) is 59.0 Å². The fourth-order valence-electron chi connectivity index (χ4n) is 2.19. The number of nitrogens with zero attached hydrogens (tertiary/aromatic N) is 2. The Morgan fingerprint density at radius 3 is 2.35 bits per heavy atom. The molecule has 0 fully saturated rings. The van der Waals surface area contributed by atoms with Crippen LogP contribution < -0.4 is 10.6 Å². The number of carbonyl (C=O) groups excluding carboxylic acids is 1. The van der Waals surface area contributed by atoms with Crippen molar-refractivity contribution in [2.75, 3.05) is 10.6 Å². The largest absolute Gasteiger partial charge is 0.324 e. The SMILES string of the molecule is O=C(Nc1ccc(Cl)cc1)Nc1nn(Cc2ccc(Cl)c(Cl)c2)cc1Cl. The number of rotatable bonds is 4. The summed E-state index contributed by atoms with van der Waals surface area (Å²) in [7, 11) is 0. The van der Waals surface area contributed by atoms with Crippen molar-refractivity contribution in [2.45, 2.75) is 6.54 Å². The van der Waals surface area contributed by atoms with Crippen LogP contribution in [0.15, 0.2) is 48.7 Å². The molecule has 0 bridgehead atoms. The monoisotopic (exact) mass is 428 g/mol. The number of hydrogen-bond acceptors (Lipinski definition) is 2. The molecule has 26 heavy (non-hydrogen) atoms. The Hall–Kier alpha value is -1.92. The average Bonchev–Trinajstić information content (AvgIpc) is 2.92. The highest BCUT2D eigenvalue weighted by Crippen LogP contribution is 2.24. The van der Waals surface area contributed by atoms with Crippen LogP contribution in [0.5, 0.6) is 0 Å². The minimum atomic E-state index is -0.464. The summed E-state index contributed by atoms with van der Waals surface area (Å²) in [4.78, 5) is 12.1. The lowest BCUT2D eigenvalue weighted by molar-refractivity contribution is 0.262. The summed E-state index contributed by atoms with van der Waals surface area (Å²) in [5.41, 5.74) is 1.49. The maximum Gasteiger partial charge on any atom is 0.324 e. The number of carbonyl (C=O) groups is 1. The number of halogens is 4. The van der Waals surface area contributed by atoms with Crippen molar-refractivity contribution in [3.8, 4) is 0 Å². The van der Waals surface area contributed by atoms with Gasteiger partial charge in [0.25, 0.3) is 0 Å². The van der Waals surface area contributed by atoms with Crippen LogP contribution in [0.4, 0.5) is 16.3 Å². The number of amides is 2. The molecule has 2 amide bonds. The van der Waals surface area contributed by atoms with E-state index in [2.05, 4.69) is 15.7 Å². The molecule has 0 unspecified atom stereocenters. The first kappa shape index (κ1) is 18.9. The summed E-state index contributed by atoms with van der Waals surface area (Å²) < 4.78 is 1.60. The normalized spacial score (nSPS) is 10.6. The van der Waals surface area contributed by atoms with Gasteiger partial charge in [0.1, 0.15) is 5.02 Å². The molecule has 5 nitrogen and oxygen atoms in total. The Labute approximate surface area is 169 Å². The number of benzene rings is 2. The molecule has 2 aromatic carbocycles. The van der Waals surface area contributed by atoms with Crippen molar-refractivity contribution in [3.63, 3.8) is 0 Å². The van der Waals surface area contributed by atoms with Crippen LogP contribution in [0.1, 0.15) is 5.56 Å². The van der Waals surface area contributed by atoms with Gasteiger partial charge in [0.15, 0.2) is 5.82 Å². The minimum Gasteiger partial charge on any atom is -0.308 e. The summed E-state index contributed by atoms with van der Waals surface area (Å²) >= 11 is 23.9. The van der Waals surface area contributed by atoms with Gasteiger partial charge in [-0.25, -0.2) is 4.79 Å². The fraction of sp³-hybridized carbons (Fsp3) is 0.0588. The van der Waals surface area contributed by atoms with Crippen molar-refractivity contribution in [1.29, 1.82) is 0 Å². The van der Waals surface area contributed by atoms with Crippen LogP contribution >= 0.6 is 46.4 Å². The third-order valence-electron chi connectivity index (χ3n) is 3.38. The molecule has 9 heteroatoms. The van der Waals surface area contributed by atoms with Gasteiger partial charge in [-0.05, 0) is 42.0 Å². The predicted octanol–water partition coefficient (Wildman–Crippen LogP) is 6.19. The first-order valence-electron chi connectivity index (χ1n) is 7.41. The van der Waals surface area contributed by atoms with E-state index in [0.717, 1.165) is 5.56 Å². The molecule has 0 aliphatic carbocycles. The maximum absolute atomic E-state index is 12.1. The second-order valence-corrected chi connectivity index (χ2v) is 7.02. The van der Waals surface area contributed by atoms with Crippen molar-refractivity contribution in [1.82, 2.24) is 9.78 Å². The molecule has 0 spiro atoms. The van der Waals surface area contributed by atoms with Gasteiger partial charge in [-0.1, -0.05) is 52.5 Å². The number of nitrogens with one attached hydrogen (secondary N) is 2. The highest BCUT2D eigenvalue weighted by Gasteiger charge is 2.11. The molecule has 0 saturated heterocycles. The lowest BCUT2D eigenvalue weighted by Crippen LogP contribution is -2.20. The Balaban J connectivity index is 1.66. The van der Waals surface area contributed by atoms with E-state index in [1.165, 1.54) is 0 Å². The molecule has 0 radical (unpaired) electrons. The van der Waals surface area contributed by atoms with Gasteiger partial charge in [-0.3, -0.25) is 10.00 Å². The lowest BCUT2D eigenvalue weighted by Gasteiger charge is -2.06. The van der Waals surface area contributed by atoms with E-state index in [1.54, 1.807) is 47.3 Å². The summed E-state index contributed by atoms with van der Waals surface area (Å²) in [6.07, 6.45) is 1.61. The summed E-state index contributed by atoms with van der Waals surface area (Å²) in [5, 5.41) is 11.4. The van der Waals surface area contributed by atoms with Gasteiger partial charge < -0.3 is 5.32 Å². The number of anilines is 2. The van der Waals surface area contributed by atoms with Crippen molar-refractivity contribution < 1.29 is 4.79 Å². The first-order valence-corrected chi connectivity index (χ1v) is 8.92. The van der Waals surface area contributed by atoms with Gasteiger partial charge in [-0.2, -0.15) is 5.10 Å². The Kier molecular flexibility index (Phi) is 5.94. The first-order chi connectivity index (χ1) is 12.4. The van der Waals surface area contributed by atoms with E-state index in [-0.39, 0.29) is 5.82 Å². The molecule has 0 atom stereocenters. The molecule has 0 aliphatic heterocycles. The van der Waals surface area contributed by atoms with Crippen LogP contribution in [-0.2, 0) is 6.54 Å². The van der Waals surface area contributed by atoms with E-state index in [0.29, 0.717) is 32.3 Å². The quantitative estimate of drug-likeness (QED) is 0.519. The van der Waals surface area contributed by atoms with Gasteiger partial charge in [0.05, 0.1) is 16.6 Å². The van der Waals surface area contributed by atoms with Crippen LogP contribution in [0.25, 0.3) is 0 Å². The maximum atomic E-state index is 12.1. The zero-order valence-corrected chi connectivity index (χ0v) is 16.2. The summed E-state index contributed by atoms with van der Waals surface area (Å²) in [6, 6.07) is 11.6. The number of hydrogen-bond donors (Lipinski definition) is 2. The lowest BCUT2D eigenvalue weighted by atomic mass is 10.2. The van der Waals surface area contributed by atoms with Gasteiger partial charge in [0, 0.05) is 16.9 Å². The summed E-state index contributed by atoms with van der Waals surface area (Å²) in [5.74, 6) is 0.248. The van der Waals surface area contributed by atoms with Crippen molar-refractivity contribution in [3.05, 3.63) is 74.3 Å². The van der Waals surface area contributed by atoms with E-state index >= 15 is 0 Å². The minimum absolute atomic E-state index is 0.248. The van der Waals surface area contributed by atoms with Crippen molar-refractivity contribution in [2.24, 2.45) is 0 Å².